The second kappa shape index (κ2) is 9.35. The summed E-state index contributed by atoms with van der Waals surface area (Å²) < 4.78 is 36.8. The van der Waals surface area contributed by atoms with Crippen LogP contribution < -0.4 is 10.3 Å². The van der Waals surface area contributed by atoms with Crippen molar-refractivity contribution in [2.24, 2.45) is 0 Å². The van der Waals surface area contributed by atoms with Gasteiger partial charge >= 0.3 is 6.61 Å². The standard InChI is InChI=1S/C23H18F2N2O4S/c1-14-8-9-20(31-22(24)25)17(11-14)19(28)13-32-23-26-18-7-3-2-6-16(18)21(29)27(23)12-15-5-4-10-30-15/h2-11,22H,12-13H2,1H3. The molecule has 6 nitrogen and oxygen atoms in total. The average molecular weight is 456 g/mol. The lowest BCUT2D eigenvalue weighted by molar-refractivity contribution is -0.0501. The van der Waals surface area contributed by atoms with Crippen molar-refractivity contribution >= 4 is 28.4 Å². The fourth-order valence-electron chi connectivity index (χ4n) is 3.22. The second-order valence-electron chi connectivity index (χ2n) is 6.97. The van der Waals surface area contributed by atoms with Crippen molar-refractivity contribution in [3.05, 3.63) is 88.1 Å². The van der Waals surface area contributed by atoms with Gasteiger partial charge in [0.15, 0.2) is 10.9 Å². The van der Waals surface area contributed by atoms with E-state index < -0.39 is 12.4 Å². The summed E-state index contributed by atoms with van der Waals surface area (Å²) in [6.45, 7) is -1.15. The highest BCUT2D eigenvalue weighted by Crippen LogP contribution is 2.26. The molecule has 0 radical (unpaired) electrons. The number of para-hydroxylation sites is 1. The Morgan fingerprint density at radius 1 is 1.19 bits per heavy atom. The van der Waals surface area contributed by atoms with Crippen molar-refractivity contribution in [2.75, 3.05) is 5.75 Å². The monoisotopic (exact) mass is 456 g/mol. The molecule has 0 spiro atoms. The molecule has 4 aromatic rings. The highest BCUT2D eigenvalue weighted by Gasteiger charge is 2.19. The van der Waals surface area contributed by atoms with Gasteiger partial charge in [0, 0.05) is 0 Å². The normalized spacial score (nSPS) is 11.2. The number of furan rings is 1. The zero-order chi connectivity index (χ0) is 22.7. The Balaban J connectivity index is 1.66. The van der Waals surface area contributed by atoms with Gasteiger partial charge in [-0.25, -0.2) is 4.98 Å². The first-order chi connectivity index (χ1) is 15.4. The molecule has 0 N–H and O–H groups in total. The molecule has 9 heteroatoms. The molecule has 0 bridgehead atoms. The molecule has 0 saturated heterocycles. The Kier molecular flexibility index (Phi) is 6.36. The molecule has 0 atom stereocenters. The minimum absolute atomic E-state index is 0.0542. The topological polar surface area (TPSA) is 74.3 Å². The molecule has 0 aliphatic rings. The molecule has 0 aliphatic carbocycles. The molecule has 32 heavy (non-hydrogen) atoms. The van der Waals surface area contributed by atoms with Crippen molar-refractivity contribution in [2.45, 2.75) is 25.2 Å². The molecule has 0 unspecified atom stereocenters. The van der Waals surface area contributed by atoms with Crippen molar-refractivity contribution < 1.29 is 22.7 Å². The predicted octanol–water partition coefficient (Wildman–Crippen LogP) is 4.92. The lowest BCUT2D eigenvalue weighted by atomic mass is 10.1. The van der Waals surface area contributed by atoms with Crippen LogP contribution in [0.25, 0.3) is 10.9 Å². The van der Waals surface area contributed by atoms with Gasteiger partial charge in [-0.05, 0) is 43.3 Å². The van der Waals surface area contributed by atoms with E-state index >= 15 is 0 Å². The summed E-state index contributed by atoms with van der Waals surface area (Å²) in [4.78, 5) is 30.5. The molecule has 2 aromatic heterocycles. The fraction of sp³-hybridized carbons (Fsp3) is 0.174. The van der Waals surface area contributed by atoms with Crippen LogP contribution in [0.3, 0.4) is 0 Å². The average Bonchev–Trinajstić information content (AvgIpc) is 3.28. The lowest BCUT2D eigenvalue weighted by Crippen LogP contribution is -2.24. The van der Waals surface area contributed by atoms with Gasteiger partial charge in [-0.3, -0.25) is 14.2 Å². The van der Waals surface area contributed by atoms with Gasteiger partial charge in [0.2, 0.25) is 0 Å². The van der Waals surface area contributed by atoms with E-state index in [1.807, 2.05) is 0 Å². The highest BCUT2D eigenvalue weighted by atomic mass is 32.2. The molecule has 0 saturated carbocycles. The molecule has 4 rings (SSSR count). The quantitative estimate of drug-likeness (QED) is 0.213. The van der Waals surface area contributed by atoms with Crippen LogP contribution in [0.4, 0.5) is 8.78 Å². The number of carbonyl (C=O) groups is 1. The lowest BCUT2D eigenvalue weighted by Gasteiger charge is -2.13. The molecule has 2 aromatic carbocycles. The SMILES string of the molecule is Cc1ccc(OC(F)F)c(C(=O)CSc2nc3ccccc3c(=O)n2Cc2ccco2)c1. The summed E-state index contributed by atoms with van der Waals surface area (Å²) in [7, 11) is 0. The third kappa shape index (κ3) is 4.72. The van der Waals surface area contributed by atoms with Crippen LogP contribution in [0.1, 0.15) is 21.7 Å². The second-order valence-corrected chi connectivity index (χ2v) is 7.91. The first kappa shape index (κ1) is 21.8. The van der Waals surface area contributed by atoms with Crippen LogP contribution in [0.2, 0.25) is 0 Å². The molecule has 0 aliphatic heterocycles. The van der Waals surface area contributed by atoms with E-state index in [1.165, 1.54) is 23.0 Å². The van der Waals surface area contributed by atoms with Crippen LogP contribution in [-0.4, -0.2) is 27.7 Å². The number of hydrogen-bond donors (Lipinski definition) is 0. The van der Waals surface area contributed by atoms with Crippen molar-refractivity contribution in [3.8, 4) is 5.75 Å². The highest BCUT2D eigenvalue weighted by molar-refractivity contribution is 7.99. The van der Waals surface area contributed by atoms with Crippen LogP contribution >= 0.6 is 11.8 Å². The minimum atomic E-state index is -3.04. The number of aryl methyl sites for hydroxylation is 1. The van der Waals surface area contributed by atoms with E-state index in [0.717, 1.165) is 17.3 Å². The number of fused-ring (bicyclic) bond motifs is 1. The number of benzene rings is 2. The number of alkyl halides is 2. The third-order valence-corrected chi connectivity index (χ3v) is 5.68. The number of halogens is 2. The van der Waals surface area contributed by atoms with Gasteiger partial charge in [0.05, 0.1) is 35.0 Å². The molecule has 164 valence electrons. The zero-order valence-corrected chi connectivity index (χ0v) is 17.8. The van der Waals surface area contributed by atoms with Gasteiger partial charge in [-0.2, -0.15) is 8.78 Å². The Bertz CT molecular complexity index is 1320. The van der Waals surface area contributed by atoms with Crippen LogP contribution in [0, 0.1) is 6.92 Å². The maximum absolute atomic E-state index is 13.1. The summed E-state index contributed by atoms with van der Waals surface area (Å²) in [5, 5.41) is 0.767. The molecule has 0 amide bonds. The Morgan fingerprint density at radius 2 is 2.00 bits per heavy atom. The summed E-state index contributed by atoms with van der Waals surface area (Å²) in [6.07, 6.45) is 1.51. The van der Waals surface area contributed by atoms with Crippen molar-refractivity contribution in [3.63, 3.8) is 0 Å². The van der Waals surface area contributed by atoms with Crippen molar-refractivity contribution in [1.29, 1.82) is 0 Å². The van der Waals surface area contributed by atoms with E-state index in [-0.39, 0.29) is 29.2 Å². The summed E-state index contributed by atoms with van der Waals surface area (Å²) in [5.74, 6) is -0.160. The summed E-state index contributed by atoms with van der Waals surface area (Å²) >= 11 is 1.05. The van der Waals surface area contributed by atoms with Gasteiger partial charge in [-0.15, -0.1) is 0 Å². The smallest absolute Gasteiger partial charge is 0.387 e. The number of thioether (sulfide) groups is 1. The number of ether oxygens (including phenoxy) is 1. The van der Waals surface area contributed by atoms with Gasteiger partial charge < -0.3 is 9.15 Å². The Hall–Kier alpha value is -3.46. The number of rotatable bonds is 8. The largest absolute Gasteiger partial charge is 0.467 e. The summed E-state index contributed by atoms with van der Waals surface area (Å²) in [5.41, 5.74) is 1.02. The van der Waals surface area contributed by atoms with E-state index in [1.54, 1.807) is 49.4 Å². The third-order valence-electron chi connectivity index (χ3n) is 4.70. The van der Waals surface area contributed by atoms with E-state index in [0.29, 0.717) is 21.8 Å². The number of nitrogens with zero attached hydrogens (tertiary/aromatic N) is 2. The molecule has 2 heterocycles. The fourth-order valence-corrected chi connectivity index (χ4v) is 4.11. The van der Waals surface area contributed by atoms with Crippen LogP contribution in [0.15, 0.2) is 75.2 Å². The maximum Gasteiger partial charge on any atom is 0.387 e. The summed E-state index contributed by atoms with van der Waals surface area (Å²) in [6, 6.07) is 14.8. The first-order valence-corrected chi connectivity index (χ1v) is 10.6. The van der Waals surface area contributed by atoms with Crippen LogP contribution in [0.5, 0.6) is 5.75 Å². The molecular weight excluding hydrogens is 438 g/mol. The van der Waals surface area contributed by atoms with Crippen LogP contribution in [-0.2, 0) is 6.54 Å². The number of Topliss-reactive ketones (excluding diaryl/α,β-unsaturated/α-hetero) is 1. The number of carbonyl (C=O) groups excluding carboxylic acids is 1. The van der Waals surface area contributed by atoms with Gasteiger partial charge in [0.25, 0.3) is 5.56 Å². The maximum atomic E-state index is 13.1. The minimum Gasteiger partial charge on any atom is -0.467 e. The molecule has 0 fully saturated rings. The first-order valence-electron chi connectivity index (χ1n) is 9.66. The Labute approximate surface area is 185 Å². The number of hydrogen-bond acceptors (Lipinski definition) is 6. The number of ketones is 1. The van der Waals surface area contributed by atoms with E-state index in [2.05, 4.69) is 9.72 Å². The Morgan fingerprint density at radius 3 is 2.75 bits per heavy atom. The van der Waals surface area contributed by atoms with E-state index in [4.69, 9.17) is 4.42 Å². The molecular formula is C23H18F2N2O4S. The van der Waals surface area contributed by atoms with Gasteiger partial charge in [0.1, 0.15) is 11.5 Å². The van der Waals surface area contributed by atoms with Gasteiger partial charge in [-0.1, -0.05) is 35.5 Å². The van der Waals surface area contributed by atoms with Crippen molar-refractivity contribution in [1.82, 2.24) is 9.55 Å². The zero-order valence-electron chi connectivity index (χ0n) is 17.0. The van der Waals surface area contributed by atoms with E-state index in [9.17, 15) is 18.4 Å². The number of aromatic nitrogens is 2. The predicted molar refractivity (Wildman–Crippen MR) is 117 cm³/mol.